The molecule has 0 atom stereocenters. The van der Waals surface area contributed by atoms with Gasteiger partial charge >= 0.3 is 0 Å². The van der Waals surface area contributed by atoms with Gasteiger partial charge in [-0.05, 0) is 44.3 Å². The molecule has 0 aliphatic carbocycles. The number of rotatable bonds is 0. The third-order valence-electron chi connectivity index (χ3n) is 1.58. The molecule has 0 saturated carbocycles. The summed E-state index contributed by atoms with van der Waals surface area (Å²) in [5.74, 6) is 0. The van der Waals surface area contributed by atoms with Crippen molar-refractivity contribution in [3.8, 4) is 6.07 Å². The van der Waals surface area contributed by atoms with E-state index in [9.17, 15) is 0 Å². The van der Waals surface area contributed by atoms with Crippen LogP contribution in [0.15, 0.2) is 9.08 Å². The Bertz CT molecular complexity index is 308. The molecule has 0 aliphatic heterocycles. The molecule has 1 rings (SSSR count). The molecule has 0 bridgehead atoms. The molecule has 2 nitrogen and oxygen atoms in total. The summed E-state index contributed by atoms with van der Waals surface area (Å²) < 4.78 is 3.62. The molecule has 1 aromatic heterocycles. The van der Waals surface area contributed by atoms with Gasteiger partial charge in [-0.3, -0.25) is 0 Å². The molecular weight excluding hydrogens is 272 g/mol. The third-order valence-corrected chi connectivity index (χ3v) is 3.68. The summed E-state index contributed by atoms with van der Waals surface area (Å²) in [5.41, 5.74) is 1.71. The number of hydrogen-bond acceptors (Lipinski definition) is 1. The van der Waals surface area contributed by atoms with Gasteiger partial charge in [0.25, 0.3) is 0 Å². The van der Waals surface area contributed by atoms with E-state index in [0.717, 1.165) is 14.6 Å². The minimum atomic E-state index is 0.648. The predicted octanol–water partition coefficient (Wildman–Crippen LogP) is 2.73. The van der Waals surface area contributed by atoms with E-state index in [-0.39, 0.29) is 0 Å². The first-order valence-electron chi connectivity index (χ1n) is 3.00. The van der Waals surface area contributed by atoms with E-state index in [2.05, 4.69) is 37.9 Å². The van der Waals surface area contributed by atoms with Crippen LogP contribution in [0.4, 0.5) is 0 Å². The maximum absolute atomic E-state index is 8.72. The lowest BCUT2D eigenvalue weighted by Gasteiger charge is -1.93. The second-order valence-electron chi connectivity index (χ2n) is 2.25. The summed E-state index contributed by atoms with van der Waals surface area (Å²) in [6.07, 6.45) is 0. The molecule has 0 radical (unpaired) electrons. The van der Waals surface area contributed by atoms with Gasteiger partial charge in [0.05, 0.1) is 9.08 Å². The van der Waals surface area contributed by atoms with Gasteiger partial charge < -0.3 is 4.57 Å². The molecule has 58 valence electrons. The number of hydrogen-bond donors (Lipinski definition) is 0. The van der Waals surface area contributed by atoms with Gasteiger partial charge in [-0.2, -0.15) is 5.26 Å². The largest absolute Gasteiger partial charge is 0.329 e. The van der Waals surface area contributed by atoms with Gasteiger partial charge in [-0.15, -0.1) is 0 Å². The molecule has 1 heterocycles. The Hall–Kier alpha value is -0.270. The summed E-state index contributed by atoms with van der Waals surface area (Å²) in [6.45, 7) is 1.95. The Morgan fingerprint density at radius 1 is 1.45 bits per heavy atom. The second-order valence-corrected chi connectivity index (χ2v) is 3.79. The molecule has 0 N–H and O–H groups in total. The molecule has 0 aromatic carbocycles. The van der Waals surface area contributed by atoms with Crippen molar-refractivity contribution in [1.82, 2.24) is 4.57 Å². The van der Waals surface area contributed by atoms with Crippen LogP contribution in [0.3, 0.4) is 0 Å². The van der Waals surface area contributed by atoms with Gasteiger partial charge in [0.2, 0.25) is 0 Å². The lowest BCUT2D eigenvalue weighted by molar-refractivity contribution is 0.878. The summed E-state index contributed by atoms with van der Waals surface area (Å²) in [4.78, 5) is 0. The predicted molar refractivity (Wildman–Crippen MR) is 50.3 cm³/mol. The zero-order valence-corrected chi connectivity index (χ0v) is 9.32. The number of aromatic nitrogens is 1. The molecule has 0 aliphatic rings. The molecule has 4 heteroatoms. The fraction of sp³-hybridized carbons (Fsp3) is 0.286. The van der Waals surface area contributed by atoms with Crippen LogP contribution in [0.1, 0.15) is 11.3 Å². The van der Waals surface area contributed by atoms with Gasteiger partial charge in [0.15, 0.2) is 0 Å². The van der Waals surface area contributed by atoms with Gasteiger partial charge in [-0.25, -0.2) is 0 Å². The fourth-order valence-corrected chi connectivity index (χ4v) is 2.07. The zero-order valence-electron chi connectivity index (χ0n) is 6.15. The van der Waals surface area contributed by atoms with Crippen LogP contribution in [-0.4, -0.2) is 4.57 Å². The van der Waals surface area contributed by atoms with E-state index in [1.54, 1.807) is 4.57 Å². The van der Waals surface area contributed by atoms with E-state index >= 15 is 0 Å². The van der Waals surface area contributed by atoms with Crippen LogP contribution < -0.4 is 0 Å². The first-order valence-corrected chi connectivity index (χ1v) is 4.58. The third kappa shape index (κ3) is 1.23. The Morgan fingerprint density at radius 3 is 2.18 bits per heavy atom. The maximum Gasteiger partial charge on any atom is 0.135 e. The Labute approximate surface area is 82.1 Å². The average molecular weight is 278 g/mol. The van der Waals surface area contributed by atoms with E-state index in [1.165, 1.54) is 0 Å². The first kappa shape index (κ1) is 8.82. The molecule has 0 fully saturated rings. The molecule has 0 spiro atoms. The highest BCUT2D eigenvalue weighted by Crippen LogP contribution is 2.29. The van der Waals surface area contributed by atoms with Gasteiger partial charge in [-0.1, -0.05) is 0 Å². The molecule has 11 heavy (non-hydrogen) atoms. The summed E-state index contributed by atoms with van der Waals surface area (Å²) >= 11 is 6.71. The number of halogens is 2. The maximum atomic E-state index is 8.72. The summed E-state index contributed by atoms with van der Waals surface area (Å²) in [5, 5.41) is 8.72. The van der Waals surface area contributed by atoms with Crippen LogP contribution >= 0.6 is 31.9 Å². The Balaban J connectivity index is 3.51. The standard InChI is InChI=1S/C7H6Br2N2/c1-4-6(8)5(3-10)11(2)7(4)9/h1-2H3. The van der Waals surface area contributed by atoms with Crippen LogP contribution in [0, 0.1) is 18.3 Å². The van der Waals surface area contributed by atoms with Gasteiger partial charge in [0, 0.05) is 7.05 Å². The van der Waals surface area contributed by atoms with Crippen molar-refractivity contribution in [2.24, 2.45) is 7.05 Å². The fourth-order valence-electron chi connectivity index (χ4n) is 0.889. The normalized spacial score (nSPS) is 9.73. The second kappa shape index (κ2) is 3.00. The molecule has 0 amide bonds. The summed E-state index contributed by atoms with van der Waals surface area (Å²) in [7, 11) is 1.85. The van der Waals surface area contributed by atoms with Crippen LogP contribution in [-0.2, 0) is 7.05 Å². The SMILES string of the molecule is Cc1c(Br)c(C#N)n(C)c1Br. The highest BCUT2D eigenvalue weighted by Gasteiger charge is 2.12. The van der Waals surface area contributed by atoms with Crippen molar-refractivity contribution < 1.29 is 0 Å². The quantitative estimate of drug-likeness (QED) is 0.717. The van der Waals surface area contributed by atoms with Crippen molar-refractivity contribution in [3.63, 3.8) is 0 Å². The van der Waals surface area contributed by atoms with Gasteiger partial charge in [0.1, 0.15) is 11.8 Å². The molecular formula is C7H6Br2N2. The van der Waals surface area contributed by atoms with E-state index in [4.69, 9.17) is 5.26 Å². The van der Waals surface area contributed by atoms with Crippen molar-refractivity contribution in [1.29, 1.82) is 5.26 Å². The van der Waals surface area contributed by atoms with E-state index < -0.39 is 0 Å². The minimum absolute atomic E-state index is 0.648. The minimum Gasteiger partial charge on any atom is -0.329 e. The number of nitrogens with zero attached hydrogens (tertiary/aromatic N) is 2. The van der Waals surface area contributed by atoms with Crippen molar-refractivity contribution in [2.75, 3.05) is 0 Å². The van der Waals surface area contributed by atoms with Crippen molar-refractivity contribution >= 4 is 31.9 Å². The topological polar surface area (TPSA) is 28.7 Å². The van der Waals surface area contributed by atoms with Crippen LogP contribution in [0.25, 0.3) is 0 Å². The average Bonchev–Trinajstić information content (AvgIpc) is 2.17. The molecule has 1 aromatic rings. The zero-order chi connectivity index (χ0) is 8.59. The summed E-state index contributed by atoms with van der Waals surface area (Å²) in [6, 6.07) is 2.11. The van der Waals surface area contributed by atoms with E-state index in [0.29, 0.717) is 5.69 Å². The Morgan fingerprint density at radius 2 is 2.00 bits per heavy atom. The smallest absolute Gasteiger partial charge is 0.135 e. The molecule has 0 unspecified atom stereocenters. The van der Waals surface area contributed by atoms with Crippen LogP contribution in [0.2, 0.25) is 0 Å². The van der Waals surface area contributed by atoms with Crippen LogP contribution in [0.5, 0.6) is 0 Å². The lowest BCUT2D eigenvalue weighted by atomic mass is 10.3. The first-order chi connectivity index (χ1) is 5.09. The monoisotopic (exact) mass is 276 g/mol. The highest BCUT2D eigenvalue weighted by atomic mass is 79.9. The van der Waals surface area contributed by atoms with Crippen molar-refractivity contribution in [2.45, 2.75) is 6.92 Å². The lowest BCUT2D eigenvalue weighted by Crippen LogP contribution is -1.90. The number of nitriles is 1. The highest BCUT2D eigenvalue weighted by molar-refractivity contribution is 9.11. The van der Waals surface area contributed by atoms with Crippen molar-refractivity contribution in [3.05, 3.63) is 20.3 Å². The molecule has 0 saturated heterocycles. The van der Waals surface area contributed by atoms with E-state index in [1.807, 2.05) is 14.0 Å². The Kier molecular flexibility index (Phi) is 2.40.